The lowest BCUT2D eigenvalue weighted by molar-refractivity contribution is -0.126. The van der Waals surface area contributed by atoms with E-state index in [2.05, 4.69) is 18.5 Å². The largest absolute Gasteiger partial charge is 0.326 e. The molecule has 0 radical (unpaired) electrons. The molecule has 0 spiro atoms. The highest BCUT2D eigenvalue weighted by molar-refractivity contribution is 5.80. The molecule has 1 aliphatic carbocycles. The molecule has 0 aromatic heterocycles. The summed E-state index contributed by atoms with van der Waals surface area (Å²) in [5.74, 6) is -0.173. The van der Waals surface area contributed by atoms with Gasteiger partial charge in [0.25, 0.3) is 0 Å². The second-order valence-electron chi connectivity index (χ2n) is 5.34. The zero-order chi connectivity index (χ0) is 13.1. The van der Waals surface area contributed by atoms with Crippen LogP contribution in [0.5, 0.6) is 0 Å². The highest BCUT2D eigenvalue weighted by Gasteiger charge is 2.36. The topological polar surface area (TPSA) is 29.1 Å². The Bertz CT molecular complexity index is 317. The fraction of sp³-hybridized carbons (Fsp3) is 0.643. The van der Waals surface area contributed by atoms with Gasteiger partial charge in [-0.3, -0.25) is 4.79 Å². The molecule has 96 valence electrons. The maximum atomic E-state index is 13.9. The highest BCUT2D eigenvalue weighted by atomic mass is 19.1. The zero-order valence-corrected chi connectivity index (χ0v) is 10.8. The van der Waals surface area contributed by atoms with Crippen LogP contribution in [-0.2, 0) is 4.79 Å². The Labute approximate surface area is 103 Å². The van der Waals surface area contributed by atoms with Crippen LogP contribution in [0.15, 0.2) is 24.9 Å². The van der Waals surface area contributed by atoms with Crippen molar-refractivity contribution >= 4 is 5.91 Å². The van der Waals surface area contributed by atoms with Crippen LogP contribution in [0.25, 0.3) is 0 Å². The van der Waals surface area contributed by atoms with Gasteiger partial charge in [0.05, 0.1) is 0 Å². The van der Waals surface area contributed by atoms with Crippen LogP contribution in [0, 0.1) is 11.8 Å². The fourth-order valence-corrected chi connectivity index (χ4v) is 2.36. The summed E-state index contributed by atoms with van der Waals surface area (Å²) in [6.45, 7) is 10.4. The minimum Gasteiger partial charge on any atom is -0.326 e. The van der Waals surface area contributed by atoms with Gasteiger partial charge < -0.3 is 5.32 Å². The summed E-state index contributed by atoms with van der Waals surface area (Å²) < 4.78 is 13.9. The second kappa shape index (κ2) is 5.48. The average molecular weight is 239 g/mol. The van der Waals surface area contributed by atoms with Crippen molar-refractivity contribution in [3.63, 3.8) is 0 Å². The van der Waals surface area contributed by atoms with E-state index in [0.717, 1.165) is 19.3 Å². The molecule has 1 aliphatic rings. The molecule has 0 bridgehead atoms. The van der Waals surface area contributed by atoms with Gasteiger partial charge in [-0.25, -0.2) is 4.39 Å². The normalized spacial score (nSPS) is 25.1. The summed E-state index contributed by atoms with van der Waals surface area (Å²) >= 11 is 0. The van der Waals surface area contributed by atoms with Crippen LogP contribution >= 0.6 is 0 Å². The number of carbonyl (C=O) groups is 1. The van der Waals surface area contributed by atoms with Gasteiger partial charge in [-0.15, -0.1) is 0 Å². The van der Waals surface area contributed by atoms with E-state index >= 15 is 0 Å². The number of alkyl halides is 1. The van der Waals surface area contributed by atoms with Gasteiger partial charge in [0.1, 0.15) is 5.67 Å². The molecule has 1 saturated carbocycles. The number of allylic oxidation sites excluding steroid dienone is 1. The van der Waals surface area contributed by atoms with Crippen molar-refractivity contribution in [1.82, 2.24) is 5.32 Å². The summed E-state index contributed by atoms with van der Waals surface area (Å²) in [6.07, 6.45) is 4.76. The number of carbonyl (C=O) groups excluding carboxylic acids is 1. The number of hydrogen-bond donors (Lipinski definition) is 1. The lowest BCUT2D eigenvalue weighted by atomic mass is 9.74. The van der Waals surface area contributed by atoms with Crippen LogP contribution in [-0.4, -0.2) is 11.6 Å². The zero-order valence-electron chi connectivity index (χ0n) is 10.8. The molecular weight excluding hydrogens is 217 g/mol. The van der Waals surface area contributed by atoms with E-state index in [9.17, 15) is 9.18 Å². The summed E-state index contributed by atoms with van der Waals surface area (Å²) in [5, 5.41) is 2.70. The predicted octanol–water partition coefficient (Wildman–Crippen LogP) is 3.36. The predicted molar refractivity (Wildman–Crippen MR) is 68.1 cm³/mol. The molecule has 1 N–H and O–H groups in total. The first kappa shape index (κ1) is 13.9. The molecule has 2 atom stereocenters. The van der Waals surface area contributed by atoms with Gasteiger partial charge in [-0.05, 0) is 45.1 Å². The molecule has 1 amide bonds. The molecule has 3 heteroatoms. The van der Waals surface area contributed by atoms with Crippen molar-refractivity contribution in [3.8, 4) is 0 Å². The van der Waals surface area contributed by atoms with E-state index in [1.54, 1.807) is 13.8 Å². The standard InChI is InChI=1S/C14H22FNO/c1-5-10(2)16-13(17)11-7-6-8-12(9-11)14(3,4)15/h5,11-12H,1-2,6-9H2,3-4H3,(H,16,17). The average Bonchev–Trinajstić information content (AvgIpc) is 2.28. The van der Waals surface area contributed by atoms with Crippen molar-refractivity contribution in [2.24, 2.45) is 11.8 Å². The Morgan fingerprint density at radius 3 is 2.65 bits per heavy atom. The Morgan fingerprint density at radius 2 is 2.12 bits per heavy atom. The quantitative estimate of drug-likeness (QED) is 0.749. The number of nitrogens with one attached hydrogen (secondary N) is 1. The molecule has 2 unspecified atom stereocenters. The van der Waals surface area contributed by atoms with Gasteiger partial charge in [-0.1, -0.05) is 19.6 Å². The van der Waals surface area contributed by atoms with E-state index in [-0.39, 0.29) is 17.7 Å². The number of halogens is 1. The molecule has 17 heavy (non-hydrogen) atoms. The van der Waals surface area contributed by atoms with Crippen LogP contribution in [0.4, 0.5) is 4.39 Å². The Hall–Kier alpha value is -1.12. The van der Waals surface area contributed by atoms with Crippen molar-refractivity contribution in [3.05, 3.63) is 24.9 Å². The summed E-state index contributed by atoms with van der Waals surface area (Å²) in [6, 6.07) is 0. The third-order valence-electron chi connectivity index (χ3n) is 3.55. The van der Waals surface area contributed by atoms with E-state index < -0.39 is 5.67 Å². The highest BCUT2D eigenvalue weighted by Crippen LogP contribution is 2.37. The van der Waals surface area contributed by atoms with Crippen molar-refractivity contribution in [2.45, 2.75) is 45.2 Å². The summed E-state index contributed by atoms with van der Waals surface area (Å²) in [4.78, 5) is 11.9. The fourth-order valence-electron chi connectivity index (χ4n) is 2.36. The smallest absolute Gasteiger partial charge is 0.227 e. The molecule has 2 nitrogen and oxygen atoms in total. The number of rotatable bonds is 4. The third-order valence-corrected chi connectivity index (χ3v) is 3.55. The third kappa shape index (κ3) is 3.99. The Morgan fingerprint density at radius 1 is 1.47 bits per heavy atom. The SMILES string of the molecule is C=CC(=C)NC(=O)C1CCCC(C(C)(C)F)C1. The van der Waals surface area contributed by atoms with Crippen LogP contribution in [0.1, 0.15) is 39.5 Å². The first-order chi connectivity index (χ1) is 7.84. The Balaban J connectivity index is 2.57. The molecule has 1 rings (SSSR count). The lowest BCUT2D eigenvalue weighted by Crippen LogP contribution is -2.37. The first-order valence-electron chi connectivity index (χ1n) is 6.15. The minimum atomic E-state index is -1.20. The van der Waals surface area contributed by atoms with Gasteiger partial charge >= 0.3 is 0 Å². The minimum absolute atomic E-state index is 0.0241. The molecule has 0 heterocycles. The molecule has 0 aliphatic heterocycles. The van der Waals surface area contributed by atoms with Crippen molar-refractivity contribution < 1.29 is 9.18 Å². The summed E-state index contributed by atoms with van der Waals surface area (Å²) in [5.41, 5.74) is -0.689. The van der Waals surface area contributed by atoms with Gasteiger partial charge in [0, 0.05) is 11.6 Å². The maximum Gasteiger partial charge on any atom is 0.227 e. The van der Waals surface area contributed by atoms with E-state index in [1.165, 1.54) is 6.08 Å². The van der Waals surface area contributed by atoms with Crippen molar-refractivity contribution in [1.29, 1.82) is 0 Å². The van der Waals surface area contributed by atoms with Crippen LogP contribution in [0.3, 0.4) is 0 Å². The molecular formula is C14H22FNO. The lowest BCUT2D eigenvalue weighted by Gasteiger charge is -2.34. The van der Waals surface area contributed by atoms with Gasteiger partial charge in [0.15, 0.2) is 0 Å². The first-order valence-corrected chi connectivity index (χ1v) is 6.15. The number of amides is 1. The van der Waals surface area contributed by atoms with Crippen LogP contribution in [0.2, 0.25) is 0 Å². The van der Waals surface area contributed by atoms with Crippen molar-refractivity contribution in [2.75, 3.05) is 0 Å². The number of hydrogen-bond acceptors (Lipinski definition) is 1. The maximum absolute atomic E-state index is 13.9. The molecule has 0 aromatic rings. The Kier molecular flexibility index (Phi) is 4.49. The van der Waals surface area contributed by atoms with E-state index in [0.29, 0.717) is 12.1 Å². The van der Waals surface area contributed by atoms with Crippen LogP contribution < -0.4 is 5.32 Å². The molecule has 0 aromatic carbocycles. The molecule has 1 fully saturated rings. The monoisotopic (exact) mass is 239 g/mol. The summed E-state index contributed by atoms with van der Waals surface area (Å²) in [7, 11) is 0. The van der Waals surface area contributed by atoms with E-state index in [1.807, 2.05) is 0 Å². The van der Waals surface area contributed by atoms with Gasteiger partial charge in [-0.2, -0.15) is 0 Å². The second-order valence-corrected chi connectivity index (χ2v) is 5.34. The van der Waals surface area contributed by atoms with E-state index in [4.69, 9.17) is 0 Å². The van der Waals surface area contributed by atoms with Gasteiger partial charge in [0.2, 0.25) is 5.91 Å². The molecule has 0 saturated heterocycles.